The molecule has 0 fully saturated rings. The van der Waals surface area contributed by atoms with Crippen LogP contribution in [0.4, 0.5) is 5.69 Å². The number of nitrogens with one attached hydrogen (secondary N) is 1. The molecule has 0 saturated heterocycles. The number of aromatic nitrogens is 1. The van der Waals surface area contributed by atoms with Gasteiger partial charge in [0.1, 0.15) is 16.1 Å². The molecule has 2 aromatic rings. The van der Waals surface area contributed by atoms with Gasteiger partial charge < -0.3 is 0 Å². The van der Waals surface area contributed by atoms with Gasteiger partial charge in [-0.1, -0.05) is 35.3 Å². The highest BCUT2D eigenvalue weighted by Gasteiger charge is 2.18. The van der Waals surface area contributed by atoms with Crippen LogP contribution in [0.3, 0.4) is 0 Å². The number of pyridine rings is 1. The van der Waals surface area contributed by atoms with Crippen LogP contribution in [0.5, 0.6) is 0 Å². The van der Waals surface area contributed by atoms with Gasteiger partial charge in [-0.3, -0.25) is 4.72 Å². The molecule has 0 bridgehead atoms. The van der Waals surface area contributed by atoms with E-state index in [9.17, 15) is 8.42 Å². The van der Waals surface area contributed by atoms with Crippen molar-refractivity contribution in [3.63, 3.8) is 0 Å². The Morgan fingerprint density at radius 2 is 2.05 bits per heavy atom. The van der Waals surface area contributed by atoms with Gasteiger partial charge in [-0.2, -0.15) is 5.26 Å². The minimum absolute atomic E-state index is 0.0175. The molecular formula is C13H9Cl2N3O2S. The first-order chi connectivity index (χ1) is 9.85. The molecule has 21 heavy (non-hydrogen) atoms. The van der Waals surface area contributed by atoms with Crippen molar-refractivity contribution in [3.05, 3.63) is 51.8 Å². The first-order valence-corrected chi connectivity index (χ1v) is 7.92. The summed E-state index contributed by atoms with van der Waals surface area (Å²) in [4.78, 5) is 3.56. The van der Waals surface area contributed by atoms with E-state index in [4.69, 9.17) is 28.5 Å². The summed E-state index contributed by atoms with van der Waals surface area (Å²) < 4.78 is 26.9. The van der Waals surface area contributed by atoms with E-state index in [1.807, 2.05) is 6.07 Å². The summed E-state index contributed by atoms with van der Waals surface area (Å²) in [7, 11) is -3.91. The Balaban J connectivity index is 2.45. The number of anilines is 1. The summed E-state index contributed by atoms with van der Waals surface area (Å²) in [5.74, 6) is 0. The van der Waals surface area contributed by atoms with Gasteiger partial charge in [-0.25, -0.2) is 13.4 Å². The fourth-order valence-electron chi connectivity index (χ4n) is 1.66. The molecule has 1 aromatic heterocycles. The van der Waals surface area contributed by atoms with Gasteiger partial charge in [0.2, 0.25) is 0 Å². The van der Waals surface area contributed by atoms with Crippen molar-refractivity contribution in [2.24, 2.45) is 0 Å². The van der Waals surface area contributed by atoms with Crippen LogP contribution in [0.25, 0.3) is 0 Å². The molecule has 0 amide bonds. The molecule has 0 aliphatic rings. The highest BCUT2D eigenvalue weighted by Crippen LogP contribution is 2.25. The van der Waals surface area contributed by atoms with Gasteiger partial charge in [0.05, 0.1) is 16.3 Å². The lowest BCUT2D eigenvalue weighted by atomic mass is 10.1. The smallest absolute Gasteiger partial charge is 0.263 e. The van der Waals surface area contributed by atoms with E-state index in [1.165, 1.54) is 12.1 Å². The van der Waals surface area contributed by atoms with Gasteiger partial charge in [0, 0.05) is 6.20 Å². The molecule has 2 rings (SSSR count). The second-order valence-corrected chi connectivity index (χ2v) is 6.61. The third-order valence-corrected chi connectivity index (χ3v) is 4.73. The zero-order valence-electron chi connectivity index (χ0n) is 10.8. The van der Waals surface area contributed by atoms with Crippen molar-refractivity contribution in [1.29, 1.82) is 5.26 Å². The molecule has 8 heteroatoms. The summed E-state index contributed by atoms with van der Waals surface area (Å²) in [6.07, 6.45) is 1.10. The van der Waals surface area contributed by atoms with Gasteiger partial charge in [0.15, 0.2) is 0 Å². The Kier molecular flexibility index (Phi) is 4.37. The SMILES string of the molecule is Cc1cccc(NS(=O)(=O)c2cnc(Cl)c(Cl)c2)c1C#N. The van der Waals surface area contributed by atoms with Crippen molar-refractivity contribution in [3.8, 4) is 6.07 Å². The standard InChI is InChI=1S/C13H9Cl2N3O2S/c1-8-3-2-4-12(10(8)6-16)18-21(19,20)9-5-11(14)13(15)17-7-9/h2-5,7,18H,1H3. The zero-order chi connectivity index (χ0) is 15.6. The zero-order valence-corrected chi connectivity index (χ0v) is 13.1. The maximum Gasteiger partial charge on any atom is 0.263 e. The Hall–Kier alpha value is -1.81. The van der Waals surface area contributed by atoms with Crippen LogP contribution in [-0.2, 0) is 10.0 Å². The van der Waals surface area contributed by atoms with E-state index in [0.29, 0.717) is 5.56 Å². The van der Waals surface area contributed by atoms with Crippen LogP contribution in [0.1, 0.15) is 11.1 Å². The summed E-state index contributed by atoms with van der Waals surface area (Å²) >= 11 is 11.4. The fourth-order valence-corrected chi connectivity index (χ4v) is 3.03. The summed E-state index contributed by atoms with van der Waals surface area (Å²) in [5.41, 5.74) is 1.13. The lowest BCUT2D eigenvalue weighted by molar-refractivity contribution is 0.601. The number of nitriles is 1. The third-order valence-electron chi connectivity index (χ3n) is 2.71. The van der Waals surface area contributed by atoms with Crippen LogP contribution < -0.4 is 4.72 Å². The Morgan fingerprint density at radius 3 is 2.67 bits per heavy atom. The Labute approximate surface area is 132 Å². The molecule has 0 saturated carbocycles. The molecular weight excluding hydrogens is 333 g/mol. The van der Waals surface area contributed by atoms with Crippen LogP contribution in [-0.4, -0.2) is 13.4 Å². The molecule has 108 valence electrons. The number of aryl methyl sites for hydroxylation is 1. The number of rotatable bonds is 3. The predicted molar refractivity (Wildman–Crippen MR) is 81.0 cm³/mol. The highest BCUT2D eigenvalue weighted by atomic mass is 35.5. The molecule has 0 aliphatic heterocycles. The number of hydrogen-bond donors (Lipinski definition) is 1. The quantitative estimate of drug-likeness (QED) is 0.867. The van der Waals surface area contributed by atoms with E-state index in [1.54, 1.807) is 19.1 Å². The molecule has 0 spiro atoms. The lowest BCUT2D eigenvalue weighted by Gasteiger charge is -2.11. The topological polar surface area (TPSA) is 82.8 Å². The molecule has 1 heterocycles. The Morgan fingerprint density at radius 1 is 1.33 bits per heavy atom. The van der Waals surface area contributed by atoms with E-state index in [0.717, 1.165) is 6.20 Å². The van der Waals surface area contributed by atoms with E-state index in [-0.39, 0.29) is 26.3 Å². The highest BCUT2D eigenvalue weighted by molar-refractivity contribution is 7.92. The van der Waals surface area contributed by atoms with Crippen molar-refractivity contribution in [1.82, 2.24) is 4.98 Å². The van der Waals surface area contributed by atoms with Crippen molar-refractivity contribution in [2.45, 2.75) is 11.8 Å². The molecule has 0 unspecified atom stereocenters. The van der Waals surface area contributed by atoms with Gasteiger partial charge in [-0.15, -0.1) is 0 Å². The van der Waals surface area contributed by atoms with Crippen LogP contribution in [0.15, 0.2) is 35.4 Å². The maximum atomic E-state index is 12.3. The number of hydrogen-bond acceptors (Lipinski definition) is 4. The second kappa shape index (κ2) is 5.90. The van der Waals surface area contributed by atoms with E-state index < -0.39 is 10.0 Å². The van der Waals surface area contributed by atoms with Crippen LogP contribution in [0, 0.1) is 18.3 Å². The number of sulfonamides is 1. The number of halogens is 2. The van der Waals surface area contributed by atoms with Crippen molar-refractivity contribution in [2.75, 3.05) is 4.72 Å². The summed E-state index contributed by atoms with van der Waals surface area (Å²) in [6.45, 7) is 1.72. The molecule has 1 aromatic carbocycles. The monoisotopic (exact) mass is 341 g/mol. The average molecular weight is 342 g/mol. The lowest BCUT2D eigenvalue weighted by Crippen LogP contribution is -2.14. The molecule has 5 nitrogen and oxygen atoms in total. The summed E-state index contributed by atoms with van der Waals surface area (Å²) in [6, 6.07) is 8.05. The minimum atomic E-state index is -3.91. The van der Waals surface area contributed by atoms with E-state index >= 15 is 0 Å². The first-order valence-electron chi connectivity index (χ1n) is 5.69. The Bertz CT molecular complexity index is 845. The molecule has 1 N–H and O–H groups in total. The van der Waals surface area contributed by atoms with Gasteiger partial charge >= 0.3 is 0 Å². The predicted octanol–water partition coefficient (Wildman–Crippen LogP) is 3.37. The van der Waals surface area contributed by atoms with Gasteiger partial charge in [-0.05, 0) is 24.6 Å². The fraction of sp³-hybridized carbons (Fsp3) is 0.0769. The third kappa shape index (κ3) is 3.27. The molecule has 0 radical (unpaired) electrons. The largest absolute Gasteiger partial charge is 0.278 e. The molecule has 0 aliphatic carbocycles. The normalized spacial score (nSPS) is 11.0. The van der Waals surface area contributed by atoms with E-state index in [2.05, 4.69) is 9.71 Å². The van der Waals surface area contributed by atoms with Crippen molar-refractivity contribution < 1.29 is 8.42 Å². The molecule has 0 atom stereocenters. The van der Waals surface area contributed by atoms with Gasteiger partial charge in [0.25, 0.3) is 10.0 Å². The summed E-state index contributed by atoms with van der Waals surface area (Å²) in [5, 5.41) is 9.16. The van der Waals surface area contributed by atoms with Crippen LogP contribution in [0.2, 0.25) is 10.2 Å². The number of nitrogens with zero attached hydrogens (tertiary/aromatic N) is 2. The average Bonchev–Trinajstić information content (AvgIpc) is 2.41. The first kappa shape index (κ1) is 15.6. The number of benzene rings is 1. The minimum Gasteiger partial charge on any atom is -0.278 e. The second-order valence-electron chi connectivity index (χ2n) is 4.16. The maximum absolute atomic E-state index is 12.3. The van der Waals surface area contributed by atoms with Crippen molar-refractivity contribution >= 4 is 38.9 Å². The van der Waals surface area contributed by atoms with Crippen LogP contribution >= 0.6 is 23.2 Å².